The monoisotopic (exact) mass is 272 g/mol. The molecule has 4 nitrogen and oxygen atoms in total. The van der Waals surface area contributed by atoms with E-state index in [2.05, 4.69) is 4.98 Å². The Kier molecular flexibility index (Phi) is 4.96. The highest BCUT2D eigenvalue weighted by molar-refractivity contribution is 5.42. The maximum absolute atomic E-state index is 5.96. The van der Waals surface area contributed by atoms with Gasteiger partial charge in [-0.15, -0.1) is 0 Å². The Hall–Kier alpha value is -2.07. The van der Waals surface area contributed by atoms with Crippen molar-refractivity contribution in [2.45, 2.75) is 19.4 Å². The molecule has 20 heavy (non-hydrogen) atoms. The van der Waals surface area contributed by atoms with Crippen LogP contribution in [0.5, 0.6) is 11.5 Å². The Balaban J connectivity index is 2.04. The standard InChI is InChI=1S/C16H20N2O2/c1-12(17)15-4-3-14(19-2)11-16(15)20-10-7-13-5-8-18-9-6-13/h3-6,8-9,11-12H,7,10,17H2,1-2H3/t12-/m0/s1. The fourth-order valence-corrected chi connectivity index (χ4v) is 1.97. The predicted octanol–water partition coefficient (Wildman–Crippen LogP) is 2.73. The molecule has 0 unspecified atom stereocenters. The number of nitrogens with two attached hydrogens (primary N) is 1. The number of hydrogen-bond donors (Lipinski definition) is 1. The van der Waals surface area contributed by atoms with Crippen molar-refractivity contribution < 1.29 is 9.47 Å². The lowest BCUT2D eigenvalue weighted by molar-refractivity contribution is 0.314. The van der Waals surface area contributed by atoms with Crippen molar-refractivity contribution in [2.75, 3.05) is 13.7 Å². The summed E-state index contributed by atoms with van der Waals surface area (Å²) in [5.41, 5.74) is 8.15. The summed E-state index contributed by atoms with van der Waals surface area (Å²) in [5.74, 6) is 1.56. The van der Waals surface area contributed by atoms with Gasteiger partial charge in [-0.1, -0.05) is 6.07 Å². The zero-order valence-electron chi connectivity index (χ0n) is 11.9. The second kappa shape index (κ2) is 6.91. The number of pyridine rings is 1. The highest BCUT2D eigenvalue weighted by Crippen LogP contribution is 2.28. The summed E-state index contributed by atoms with van der Waals surface area (Å²) in [6.07, 6.45) is 4.40. The Morgan fingerprint density at radius 2 is 1.95 bits per heavy atom. The smallest absolute Gasteiger partial charge is 0.127 e. The van der Waals surface area contributed by atoms with E-state index in [9.17, 15) is 0 Å². The summed E-state index contributed by atoms with van der Waals surface area (Å²) < 4.78 is 11.1. The molecule has 0 aliphatic rings. The van der Waals surface area contributed by atoms with Crippen molar-refractivity contribution in [3.05, 3.63) is 53.9 Å². The Morgan fingerprint density at radius 3 is 2.60 bits per heavy atom. The van der Waals surface area contributed by atoms with Gasteiger partial charge in [-0.25, -0.2) is 0 Å². The van der Waals surface area contributed by atoms with Crippen molar-refractivity contribution in [3.8, 4) is 11.5 Å². The Labute approximate surface area is 119 Å². The molecule has 0 aliphatic heterocycles. The van der Waals surface area contributed by atoms with Crippen LogP contribution in [0.25, 0.3) is 0 Å². The van der Waals surface area contributed by atoms with Gasteiger partial charge in [0.1, 0.15) is 11.5 Å². The minimum Gasteiger partial charge on any atom is -0.497 e. The molecule has 2 aromatic rings. The van der Waals surface area contributed by atoms with Gasteiger partial charge in [-0.05, 0) is 30.7 Å². The van der Waals surface area contributed by atoms with Crippen molar-refractivity contribution in [2.24, 2.45) is 5.73 Å². The Morgan fingerprint density at radius 1 is 1.20 bits per heavy atom. The van der Waals surface area contributed by atoms with E-state index in [-0.39, 0.29) is 6.04 Å². The summed E-state index contributed by atoms with van der Waals surface area (Å²) in [4.78, 5) is 4.00. The lowest BCUT2D eigenvalue weighted by Crippen LogP contribution is -2.09. The van der Waals surface area contributed by atoms with Crippen molar-refractivity contribution in [1.29, 1.82) is 0 Å². The third-order valence-electron chi connectivity index (χ3n) is 3.11. The molecule has 0 saturated carbocycles. The SMILES string of the molecule is COc1ccc([C@H](C)N)c(OCCc2ccncc2)c1. The van der Waals surface area contributed by atoms with E-state index >= 15 is 0 Å². The molecule has 2 N–H and O–H groups in total. The molecule has 0 aliphatic carbocycles. The third kappa shape index (κ3) is 3.71. The van der Waals surface area contributed by atoms with Crippen LogP contribution >= 0.6 is 0 Å². The number of hydrogen-bond acceptors (Lipinski definition) is 4. The zero-order chi connectivity index (χ0) is 14.4. The summed E-state index contributed by atoms with van der Waals surface area (Å²) in [7, 11) is 1.64. The molecule has 1 atom stereocenters. The highest BCUT2D eigenvalue weighted by Gasteiger charge is 2.09. The van der Waals surface area contributed by atoms with Crippen LogP contribution < -0.4 is 15.2 Å². The lowest BCUT2D eigenvalue weighted by Gasteiger charge is -2.15. The average molecular weight is 272 g/mol. The minimum absolute atomic E-state index is 0.0724. The molecule has 1 aromatic carbocycles. The molecule has 106 valence electrons. The Bertz CT molecular complexity index is 541. The molecule has 1 aromatic heterocycles. The number of aromatic nitrogens is 1. The number of rotatable bonds is 6. The first-order valence-corrected chi connectivity index (χ1v) is 6.66. The normalized spacial score (nSPS) is 11.9. The third-order valence-corrected chi connectivity index (χ3v) is 3.11. The maximum Gasteiger partial charge on any atom is 0.127 e. The van der Waals surface area contributed by atoms with Crippen LogP contribution in [0, 0.1) is 0 Å². The first-order valence-electron chi connectivity index (χ1n) is 6.66. The van der Waals surface area contributed by atoms with Gasteiger partial charge in [-0.2, -0.15) is 0 Å². The number of benzene rings is 1. The summed E-state index contributed by atoms with van der Waals surface area (Å²) in [6, 6.07) is 9.63. The van der Waals surface area contributed by atoms with Crippen LogP contribution in [0.15, 0.2) is 42.7 Å². The summed E-state index contributed by atoms with van der Waals surface area (Å²) >= 11 is 0. The quantitative estimate of drug-likeness (QED) is 0.878. The van der Waals surface area contributed by atoms with Gasteiger partial charge in [0.2, 0.25) is 0 Å². The van der Waals surface area contributed by atoms with E-state index < -0.39 is 0 Å². The van der Waals surface area contributed by atoms with E-state index in [4.69, 9.17) is 15.2 Å². The molecular weight excluding hydrogens is 252 g/mol. The molecular formula is C16H20N2O2. The van der Waals surface area contributed by atoms with Crippen LogP contribution in [-0.2, 0) is 6.42 Å². The molecule has 0 bridgehead atoms. The second-order valence-electron chi connectivity index (χ2n) is 4.65. The van der Waals surface area contributed by atoms with E-state index in [1.807, 2.05) is 37.3 Å². The molecule has 0 spiro atoms. The molecule has 4 heteroatoms. The molecule has 2 rings (SSSR count). The zero-order valence-corrected chi connectivity index (χ0v) is 11.9. The average Bonchev–Trinajstić information content (AvgIpc) is 2.48. The number of nitrogens with zero attached hydrogens (tertiary/aromatic N) is 1. The van der Waals surface area contributed by atoms with Crippen LogP contribution in [0.4, 0.5) is 0 Å². The molecule has 0 fully saturated rings. The van der Waals surface area contributed by atoms with Crippen molar-refractivity contribution in [3.63, 3.8) is 0 Å². The van der Waals surface area contributed by atoms with E-state index in [1.165, 1.54) is 5.56 Å². The van der Waals surface area contributed by atoms with Gasteiger partial charge >= 0.3 is 0 Å². The second-order valence-corrected chi connectivity index (χ2v) is 4.65. The topological polar surface area (TPSA) is 57.4 Å². The fourth-order valence-electron chi connectivity index (χ4n) is 1.97. The predicted molar refractivity (Wildman–Crippen MR) is 79.0 cm³/mol. The number of ether oxygens (including phenoxy) is 2. The van der Waals surface area contributed by atoms with Gasteiger partial charge in [-0.3, -0.25) is 4.98 Å². The van der Waals surface area contributed by atoms with Crippen molar-refractivity contribution >= 4 is 0 Å². The van der Waals surface area contributed by atoms with Crippen molar-refractivity contribution in [1.82, 2.24) is 4.98 Å². The molecule has 0 saturated heterocycles. The lowest BCUT2D eigenvalue weighted by atomic mass is 10.1. The first-order chi connectivity index (χ1) is 9.70. The van der Waals surface area contributed by atoms with Crippen LogP contribution in [0.1, 0.15) is 24.1 Å². The highest BCUT2D eigenvalue weighted by atomic mass is 16.5. The van der Waals surface area contributed by atoms with Gasteiger partial charge < -0.3 is 15.2 Å². The minimum atomic E-state index is -0.0724. The van der Waals surface area contributed by atoms with Gasteiger partial charge in [0.05, 0.1) is 13.7 Å². The van der Waals surface area contributed by atoms with E-state index in [0.29, 0.717) is 6.61 Å². The maximum atomic E-state index is 5.96. The molecule has 0 radical (unpaired) electrons. The van der Waals surface area contributed by atoms with Gasteiger partial charge in [0.25, 0.3) is 0 Å². The van der Waals surface area contributed by atoms with E-state index in [0.717, 1.165) is 23.5 Å². The van der Waals surface area contributed by atoms with Crippen LogP contribution in [0.3, 0.4) is 0 Å². The summed E-state index contributed by atoms with van der Waals surface area (Å²) in [5, 5.41) is 0. The van der Waals surface area contributed by atoms with Crippen LogP contribution in [-0.4, -0.2) is 18.7 Å². The van der Waals surface area contributed by atoms with Gasteiger partial charge in [0, 0.05) is 36.5 Å². The largest absolute Gasteiger partial charge is 0.497 e. The summed E-state index contributed by atoms with van der Waals surface area (Å²) in [6.45, 7) is 2.54. The first kappa shape index (κ1) is 14.3. The number of methoxy groups -OCH3 is 1. The van der Waals surface area contributed by atoms with Crippen LogP contribution in [0.2, 0.25) is 0 Å². The molecule has 0 amide bonds. The van der Waals surface area contributed by atoms with Gasteiger partial charge in [0.15, 0.2) is 0 Å². The molecule has 1 heterocycles. The van der Waals surface area contributed by atoms with E-state index in [1.54, 1.807) is 19.5 Å². The fraction of sp³-hybridized carbons (Fsp3) is 0.312.